The summed E-state index contributed by atoms with van der Waals surface area (Å²) in [5.41, 5.74) is 1.87. The minimum absolute atomic E-state index is 0.00484. The van der Waals surface area contributed by atoms with Gasteiger partial charge in [0.1, 0.15) is 5.01 Å². The van der Waals surface area contributed by atoms with Gasteiger partial charge in [0.2, 0.25) is 5.91 Å². The van der Waals surface area contributed by atoms with Gasteiger partial charge in [0.15, 0.2) is 0 Å². The highest BCUT2D eigenvalue weighted by Crippen LogP contribution is 2.26. The summed E-state index contributed by atoms with van der Waals surface area (Å²) in [7, 11) is 1.36. The summed E-state index contributed by atoms with van der Waals surface area (Å²) >= 11 is 3.18. The van der Waals surface area contributed by atoms with Crippen molar-refractivity contribution in [3.63, 3.8) is 0 Å². The normalized spacial score (nSPS) is 10.8. The van der Waals surface area contributed by atoms with E-state index in [1.54, 1.807) is 27.6 Å². The molecule has 0 unspecified atom stereocenters. The maximum Gasteiger partial charge on any atom is 0.307 e. The Morgan fingerprint density at radius 1 is 1.33 bits per heavy atom. The van der Waals surface area contributed by atoms with E-state index in [0.717, 1.165) is 16.3 Å². The molecule has 0 aliphatic heterocycles. The lowest BCUT2D eigenvalue weighted by molar-refractivity contribution is -0.141. The van der Waals surface area contributed by atoms with Crippen molar-refractivity contribution in [2.24, 2.45) is 5.92 Å². The number of thiazole rings is 1. The number of ether oxygens (including phenoxy) is 1. The van der Waals surface area contributed by atoms with Crippen LogP contribution in [0.25, 0.3) is 10.6 Å². The van der Waals surface area contributed by atoms with Crippen molar-refractivity contribution in [2.75, 3.05) is 20.2 Å². The van der Waals surface area contributed by atoms with Crippen molar-refractivity contribution >= 4 is 34.6 Å². The highest BCUT2D eigenvalue weighted by atomic mass is 32.1. The van der Waals surface area contributed by atoms with Crippen LogP contribution in [0.3, 0.4) is 0 Å². The first-order valence-corrected chi connectivity index (χ1v) is 9.63. The van der Waals surface area contributed by atoms with Gasteiger partial charge >= 0.3 is 5.97 Å². The minimum Gasteiger partial charge on any atom is -0.469 e. The van der Waals surface area contributed by atoms with Gasteiger partial charge in [-0.25, -0.2) is 4.98 Å². The summed E-state index contributed by atoms with van der Waals surface area (Å²) in [5, 5.41) is 6.92. The molecule has 0 bridgehead atoms. The molecule has 0 radical (unpaired) electrons. The first-order chi connectivity index (χ1) is 11.5. The molecule has 0 saturated heterocycles. The van der Waals surface area contributed by atoms with Gasteiger partial charge in [-0.15, -0.1) is 11.3 Å². The Morgan fingerprint density at radius 3 is 2.75 bits per heavy atom. The van der Waals surface area contributed by atoms with E-state index in [1.807, 2.05) is 22.2 Å². The number of thiophene rings is 1. The molecule has 0 aliphatic carbocycles. The number of aromatic nitrogens is 1. The molecular formula is C17H22N2O3S2. The van der Waals surface area contributed by atoms with E-state index in [9.17, 15) is 9.59 Å². The zero-order valence-electron chi connectivity index (χ0n) is 14.2. The molecule has 2 aromatic rings. The van der Waals surface area contributed by atoms with E-state index >= 15 is 0 Å². The van der Waals surface area contributed by atoms with Gasteiger partial charge < -0.3 is 9.64 Å². The number of esters is 1. The van der Waals surface area contributed by atoms with Gasteiger partial charge in [0.25, 0.3) is 0 Å². The Kier molecular flexibility index (Phi) is 6.93. The standard InChI is InChI=1S/C17H22N2O3S2/c1-12(2)9-19(6-4-16(21)22-3)15(20)8-14-11-24-17(18-14)13-5-7-23-10-13/h5,7,10-12H,4,6,8-9H2,1-3H3. The van der Waals surface area contributed by atoms with Gasteiger partial charge in [-0.2, -0.15) is 11.3 Å². The second kappa shape index (κ2) is 8.94. The second-order valence-corrected chi connectivity index (χ2v) is 7.53. The summed E-state index contributed by atoms with van der Waals surface area (Å²) in [5.74, 6) is 0.0307. The number of methoxy groups -OCH3 is 1. The monoisotopic (exact) mass is 366 g/mol. The lowest BCUT2D eigenvalue weighted by atomic mass is 10.2. The largest absolute Gasteiger partial charge is 0.469 e. The van der Waals surface area contributed by atoms with Crippen LogP contribution in [0, 0.1) is 5.92 Å². The van der Waals surface area contributed by atoms with E-state index in [1.165, 1.54) is 7.11 Å². The number of hydrogen-bond donors (Lipinski definition) is 0. The Labute approximate surface area is 150 Å². The fourth-order valence-corrected chi connectivity index (χ4v) is 3.79. The van der Waals surface area contributed by atoms with Crippen LogP contribution in [0.5, 0.6) is 0 Å². The van der Waals surface area contributed by atoms with Crippen molar-refractivity contribution in [3.05, 3.63) is 27.9 Å². The molecule has 5 nitrogen and oxygen atoms in total. The average molecular weight is 367 g/mol. The lowest BCUT2D eigenvalue weighted by Gasteiger charge is -2.24. The van der Waals surface area contributed by atoms with Crippen LogP contribution < -0.4 is 0 Å². The second-order valence-electron chi connectivity index (χ2n) is 5.89. The maximum absolute atomic E-state index is 12.6. The summed E-state index contributed by atoms with van der Waals surface area (Å²) in [6, 6.07) is 2.02. The van der Waals surface area contributed by atoms with Gasteiger partial charge in [-0.1, -0.05) is 13.8 Å². The molecule has 1 amide bonds. The summed E-state index contributed by atoms with van der Waals surface area (Å²) in [6.07, 6.45) is 0.473. The molecular weight excluding hydrogens is 344 g/mol. The summed E-state index contributed by atoms with van der Waals surface area (Å²) < 4.78 is 4.66. The van der Waals surface area contributed by atoms with E-state index in [4.69, 9.17) is 0 Å². The quantitative estimate of drug-likeness (QED) is 0.671. The molecule has 2 heterocycles. The summed E-state index contributed by atoms with van der Waals surface area (Å²) in [4.78, 5) is 30.2. The van der Waals surface area contributed by atoms with Crippen molar-refractivity contribution < 1.29 is 14.3 Å². The van der Waals surface area contributed by atoms with Crippen molar-refractivity contribution in [3.8, 4) is 10.6 Å². The Hall–Kier alpha value is -1.73. The average Bonchev–Trinajstić information content (AvgIpc) is 3.21. The number of hydrogen-bond acceptors (Lipinski definition) is 6. The maximum atomic E-state index is 12.6. The Morgan fingerprint density at radius 2 is 2.12 bits per heavy atom. The molecule has 2 aromatic heterocycles. The molecule has 0 aromatic carbocycles. The van der Waals surface area contributed by atoms with Crippen LogP contribution in [0.2, 0.25) is 0 Å². The fourth-order valence-electron chi connectivity index (χ4n) is 2.26. The molecule has 0 atom stereocenters. The van der Waals surface area contributed by atoms with Crippen molar-refractivity contribution in [1.29, 1.82) is 0 Å². The van der Waals surface area contributed by atoms with E-state index < -0.39 is 0 Å². The number of carbonyl (C=O) groups excluding carboxylic acids is 2. The van der Waals surface area contributed by atoms with Crippen LogP contribution in [0.1, 0.15) is 26.0 Å². The number of rotatable bonds is 8. The molecule has 130 valence electrons. The zero-order chi connectivity index (χ0) is 17.5. The van der Waals surface area contributed by atoms with Gasteiger partial charge in [0.05, 0.1) is 25.6 Å². The van der Waals surface area contributed by atoms with E-state index in [-0.39, 0.29) is 24.7 Å². The van der Waals surface area contributed by atoms with E-state index in [0.29, 0.717) is 19.0 Å². The van der Waals surface area contributed by atoms with Crippen LogP contribution >= 0.6 is 22.7 Å². The SMILES string of the molecule is COC(=O)CCN(CC(C)C)C(=O)Cc1csc(-c2ccsc2)n1. The molecule has 0 saturated carbocycles. The third-order valence-corrected chi connectivity index (χ3v) is 5.03. The molecule has 2 rings (SSSR count). The zero-order valence-corrected chi connectivity index (χ0v) is 15.8. The Bertz CT molecular complexity index is 665. The van der Waals surface area contributed by atoms with Gasteiger partial charge in [-0.05, 0) is 17.4 Å². The fraction of sp³-hybridized carbons (Fsp3) is 0.471. The number of carbonyl (C=O) groups is 2. The molecule has 0 spiro atoms. The van der Waals surface area contributed by atoms with Crippen LogP contribution in [-0.2, 0) is 20.7 Å². The molecule has 24 heavy (non-hydrogen) atoms. The number of nitrogens with zero attached hydrogens (tertiary/aromatic N) is 2. The first kappa shape index (κ1) is 18.6. The van der Waals surface area contributed by atoms with Crippen LogP contribution in [-0.4, -0.2) is 42.0 Å². The third kappa shape index (κ3) is 5.42. The summed E-state index contributed by atoms with van der Waals surface area (Å²) in [6.45, 7) is 5.11. The van der Waals surface area contributed by atoms with Crippen molar-refractivity contribution in [2.45, 2.75) is 26.7 Å². The van der Waals surface area contributed by atoms with E-state index in [2.05, 4.69) is 23.6 Å². The minimum atomic E-state index is -0.301. The third-order valence-electron chi connectivity index (χ3n) is 3.40. The Balaban J connectivity index is 1.99. The predicted molar refractivity (Wildman–Crippen MR) is 97.2 cm³/mol. The van der Waals surface area contributed by atoms with Crippen LogP contribution in [0.4, 0.5) is 0 Å². The molecule has 7 heteroatoms. The highest BCUT2D eigenvalue weighted by Gasteiger charge is 2.18. The molecule has 0 N–H and O–H groups in total. The molecule has 0 fully saturated rings. The number of amides is 1. The molecule has 0 aliphatic rings. The van der Waals surface area contributed by atoms with Gasteiger partial charge in [0, 0.05) is 29.4 Å². The topological polar surface area (TPSA) is 59.5 Å². The smallest absolute Gasteiger partial charge is 0.307 e. The van der Waals surface area contributed by atoms with Gasteiger partial charge in [-0.3, -0.25) is 9.59 Å². The van der Waals surface area contributed by atoms with Crippen LogP contribution in [0.15, 0.2) is 22.2 Å². The first-order valence-electron chi connectivity index (χ1n) is 7.81. The van der Waals surface area contributed by atoms with Crippen molar-refractivity contribution in [1.82, 2.24) is 9.88 Å². The highest BCUT2D eigenvalue weighted by molar-refractivity contribution is 7.14. The predicted octanol–water partition coefficient (Wildman–Crippen LogP) is 3.46. The lowest BCUT2D eigenvalue weighted by Crippen LogP contribution is -2.37.